The van der Waals surface area contributed by atoms with Crippen molar-refractivity contribution in [3.05, 3.63) is 23.8 Å². The molecular weight excluding hydrogens is 320 g/mol. The van der Waals surface area contributed by atoms with Crippen molar-refractivity contribution in [1.29, 1.82) is 0 Å². The van der Waals surface area contributed by atoms with Crippen molar-refractivity contribution >= 4 is 23.8 Å². The van der Waals surface area contributed by atoms with Gasteiger partial charge < -0.3 is 19.5 Å². The second-order valence-electron chi connectivity index (χ2n) is 6.34. The zero-order valence-corrected chi connectivity index (χ0v) is 15.0. The monoisotopic (exact) mass is 348 g/mol. The van der Waals surface area contributed by atoms with Gasteiger partial charge in [-0.15, -0.1) is 0 Å². The van der Waals surface area contributed by atoms with Gasteiger partial charge in [0.2, 0.25) is 0 Å². The maximum Gasteiger partial charge on any atom is 0.409 e. The van der Waals surface area contributed by atoms with E-state index in [4.69, 9.17) is 4.74 Å². The van der Waals surface area contributed by atoms with Gasteiger partial charge >= 0.3 is 6.09 Å². The van der Waals surface area contributed by atoms with Crippen LogP contribution in [-0.4, -0.2) is 43.3 Å². The number of carbonyl (C=O) groups is 2. The molecule has 0 aliphatic carbocycles. The smallest absolute Gasteiger partial charge is 0.409 e. The molecule has 1 unspecified atom stereocenters. The summed E-state index contributed by atoms with van der Waals surface area (Å²) in [6, 6.07) is 6.22. The zero-order chi connectivity index (χ0) is 18.2. The Morgan fingerprint density at radius 2 is 2.12 bits per heavy atom. The zero-order valence-electron chi connectivity index (χ0n) is 15.0. The Labute approximate surface area is 149 Å². The number of carboxylic acid groups (broad SMARTS) is 1. The molecule has 0 spiro atoms. The molecule has 0 saturated carbocycles. The third-order valence-corrected chi connectivity index (χ3v) is 4.89. The first-order chi connectivity index (χ1) is 12.1. The summed E-state index contributed by atoms with van der Waals surface area (Å²) < 4.78 is 5.45. The Morgan fingerprint density at radius 3 is 2.68 bits per heavy atom. The molecule has 2 rings (SSSR count). The van der Waals surface area contributed by atoms with E-state index < -0.39 is 6.09 Å². The fourth-order valence-corrected chi connectivity index (χ4v) is 3.55. The topological polar surface area (TPSA) is 78.9 Å². The van der Waals surface area contributed by atoms with Crippen LogP contribution in [0.5, 0.6) is 0 Å². The molecule has 6 nitrogen and oxygen atoms in total. The van der Waals surface area contributed by atoms with Gasteiger partial charge in [-0.3, -0.25) is 5.32 Å². The maximum absolute atomic E-state index is 11.3. The van der Waals surface area contributed by atoms with Crippen LogP contribution in [-0.2, 0) is 9.53 Å². The van der Waals surface area contributed by atoms with Crippen molar-refractivity contribution in [3.63, 3.8) is 0 Å². The van der Waals surface area contributed by atoms with E-state index in [9.17, 15) is 14.7 Å². The van der Waals surface area contributed by atoms with Gasteiger partial charge in [-0.1, -0.05) is 13.0 Å². The lowest BCUT2D eigenvalue weighted by Gasteiger charge is -2.36. The van der Waals surface area contributed by atoms with Crippen LogP contribution >= 0.6 is 0 Å². The van der Waals surface area contributed by atoms with Crippen LogP contribution < -0.4 is 10.2 Å². The summed E-state index contributed by atoms with van der Waals surface area (Å²) in [5.41, 5.74) is 2.47. The number of nitrogens with zero attached hydrogens (tertiary/aromatic N) is 1. The first-order valence-corrected chi connectivity index (χ1v) is 9.02. The van der Waals surface area contributed by atoms with Gasteiger partial charge in [0, 0.05) is 32.2 Å². The maximum atomic E-state index is 11.3. The van der Waals surface area contributed by atoms with E-state index in [-0.39, 0.29) is 5.92 Å². The molecule has 0 radical (unpaired) electrons. The third-order valence-electron chi connectivity index (χ3n) is 4.89. The minimum atomic E-state index is -1.08. The molecule has 1 fully saturated rings. The van der Waals surface area contributed by atoms with E-state index >= 15 is 0 Å². The molecule has 1 aromatic rings. The van der Waals surface area contributed by atoms with Crippen molar-refractivity contribution in [1.82, 2.24) is 0 Å². The Hall–Kier alpha value is -2.08. The highest BCUT2D eigenvalue weighted by molar-refractivity contribution is 5.89. The van der Waals surface area contributed by atoms with E-state index in [1.807, 2.05) is 25.1 Å². The molecule has 1 saturated heterocycles. The average molecular weight is 348 g/mol. The van der Waals surface area contributed by atoms with Crippen LogP contribution in [0.25, 0.3) is 0 Å². The molecular formula is C19H28N2O4. The van der Waals surface area contributed by atoms with Crippen molar-refractivity contribution in [2.45, 2.75) is 51.5 Å². The number of carbonyl (C=O) groups excluding carboxylic acids is 1. The third kappa shape index (κ3) is 4.95. The summed E-state index contributed by atoms with van der Waals surface area (Å²) in [5, 5.41) is 11.8. The Bertz CT molecular complexity index is 585. The highest BCUT2D eigenvalue weighted by Gasteiger charge is 2.24. The summed E-state index contributed by atoms with van der Waals surface area (Å²) in [5.74, 6) is 0.110. The predicted molar refractivity (Wildman–Crippen MR) is 98.7 cm³/mol. The van der Waals surface area contributed by atoms with E-state index in [2.05, 4.69) is 17.1 Å². The van der Waals surface area contributed by atoms with Crippen molar-refractivity contribution in [2.24, 2.45) is 0 Å². The molecule has 1 aliphatic heterocycles. The van der Waals surface area contributed by atoms with Gasteiger partial charge in [0.25, 0.3) is 0 Å². The summed E-state index contributed by atoms with van der Waals surface area (Å²) in [6.07, 6.45) is 2.99. The van der Waals surface area contributed by atoms with E-state index in [0.29, 0.717) is 18.2 Å². The number of ether oxygens (including phenoxy) is 1. The molecule has 1 amide bonds. The van der Waals surface area contributed by atoms with Gasteiger partial charge in [-0.2, -0.15) is 0 Å². The second kappa shape index (κ2) is 9.42. The fraction of sp³-hybridized carbons (Fsp3) is 0.579. The molecule has 25 heavy (non-hydrogen) atoms. The predicted octanol–water partition coefficient (Wildman–Crippen LogP) is 3.86. The number of hydrogen-bond acceptors (Lipinski definition) is 4. The summed E-state index contributed by atoms with van der Waals surface area (Å²) >= 11 is 0. The highest BCUT2D eigenvalue weighted by atomic mass is 16.5. The Morgan fingerprint density at radius 1 is 1.40 bits per heavy atom. The minimum absolute atomic E-state index is 0.110. The minimum Gasteiger partial charge on any atom is -0.465 e. The normalized spacial score (nSPS) is 16.2. The Kier molecular flexibility index (Phi) is 7.25. The van der Waals surface area contributed by atoms with Gasteiger partial charge in [0.05, 0.1) is 11.4 Å². The van der Waals surface area contributed by atoms with Gasteiger partial charge in [-0.05, 0) is 49.8 Å². The van der Waals surface area contributed by atoms with Gasteiger partial charge in [-0.25, -0.2) is 4.79 Å². The standard InChI is InChI=1S/C19H28N2O4/c1-3-14(7-10-22)15-5-6-18(17(13-15)20-19(23)24)21(4-2)16-8-11-25-12-9-16/h5-6,10,13-14,16,20H,3-4,7-9,11-12H2,1-2H3,(H,23,24). The first-order valence-electron chi connectivity index (χ1n) is 9.02. The van der Waals surface area contributed by atoms with E-state index in [1.54, 1.807) is 0 Å². The van der Waals surface area contributed by atoms with E-state index in [1.165, 1.54) is 0 Å². The molecule has 0 bridgehead atoms. The number of nitrogens with one attached hydrogen (secondary N) is 1. The largest absolute Gasteiger partial charge is 0.465 e. The highest BCUT2D eigenvalue weighted by Crippen LogP contribution is 2.34. The van der Waals surface area contributed by atoms with Crippen LogP contribution in [0.15, 0.2) is 18.2 Å². The Balaban J connectivity index is 2.37. The van der Waals surface area contributed by atoms with Crippen molar-refractivity contribution in [2.75, 3.05) is 30.0 Å². The number of amides is 1. The van der Waals surface area contributed by atoms with Crippen LogP contribution in [0.4, 0.5) is 16.2 Å². The van der Waals surface area contributed by atoms with Crippen LogP contribution in [0.3, 0.4) is 0 Å². The summed E-state index contributed by atoms with van der Waals surface area (Å²) in [4.78, 5) is 24.4. The van der Waals surface area contributed by atoms with Gasteiger partial charge in [0.15, 0.2) is 0 Å². The van der Waals surface area contributed by atoms with Gasteiger partial charge in [0.1, 0.15) is 6.29 Å². The first kappa shape index (κ1) is 19.2. The SMILES string of the molecule is CCC(CC=O)c1ccc(N(CC)C2CCOCC2)c(NC(=O)O)c1. The molecule has 1 aromatic carbocycles. The number of rotatable bonds is 8. The second-order valence-corrected chi connectivity index (χ2v) is 6.34. The quantitative estimate of drug-likeness (QED) is 0.697. The average Bonchev–Trinajstić information content (AvgIpc) is 2.62. The summed E-state index contributed by atoms with van der Waals surface area (Å²) in [6.45, 7) is 6.38. The fourth-order valence-electron chi connectivity index (χ4n) is 3.55. The van der Waals surface area contributed by atoms with Crippen molar-refractivity contribution < 1.29 is 19.4 Å². The number of hydrogen-bond donors (Lipinski definition) is 2. The molecule has 1 atom stereocenters. The molecule has 1 aliphatic rings. The molecule has 6 heteroatoms. The number of benzene rings is 1. The molecule has 138 valence electrons. The summed E-state index contributed by atoms with van der Waals surface area (Å²) in [7, 11) is 0. The van der Waals surface area contributed by atoms with Crippen LogP contribution in [0, 0.1) is 0 Å². The van der Waals surface area contributed by atoms with E-state index in [0.717, 1.165) is 56.6 Å². The lowest BCUT2D eigenvalue weighted by Crippen LogP contribution is -2.40. The molecule has 2 N–H and O–H groups in total. The molecule has 1 heterocycles. The van der Waals surface area contributed by atoms with Crippen LogP contribution in [0.2, 0.25) is 0 Å². The van der Waals surface area contributed by atoms with Crippen LogP contribution in [0.1, 0.15) is 51.0 Å². The van der Waals surface area contributed by atoms with Crippen molar-refractivity contribution in [3.8, 4) is 0 Å². The lowest BCUT2D eigenvalue weighted by atomic mass is 9.92. The molecule has 0 aromatic heterocycles. The number of aldehydes is 1. The number of anilines is 2. The lowest BCUT2D eigenvalue weighted by molar-refractivity contribution is -0.108.